The number of benzene rings is 1. The van der Waals surface area contributed by atoms with Gasteiger partial charge in [-0.15, -0.1) is 0 Å². The summed E-state index contributed by atoms with van der Waals surface area (Å²) in [6, 6.07) is 14.4. The molecule has 2 fully saturated rings. The average molecular weight is 462 g/mol. The van der Waals surface area contributed by atoms with Crippen molar-refractivity contribution in [2.75, 3.05) is 39.3 Å². The first-order valence-electron chi connectivity index (χ1n) is 13.3. The molecule has 3 heterocycles. The number of piperidine rings is 1. The fourth-order valence-electron chi connectivity index (χ4n) is 5.81. The SMILES string of the molecule is O=C(Cc1ccccn1)N1CCC2(CCCCc3ccccc3OCCN(CC3CC3)C2)CC1. The molecular weight excluding hydrogens is 422 g/mol. The van der Waals surface area contributed by atoms with Crippen LogP contribution in [0.25, 0.3) is 0 Å². The van der Waals surface area contributed by atoms with Gasteiger partial charge >= 0.3 is 0 Å². The van der Waals surface area contributed by atoms with Crippen LogP contribution in [0.15, 0.2) is 48.7 Å². The van der Waals surface area contributed by atoms with Crippen molar-refractivity contribution in [2.24, 2.45) is 11.3 Å². The number of likely N-dealkylation sites (tertiary alicyclic amines) is 1. The molecule has 0 N–H and O–H groups in total. The second kappa shape index (κ2) is 10.9. The van der Waals surface area contributed by atoms with Crippen molar-refractivity contribution in [1.82, 2.24) is 14.8 Å². The number of hydrogen-bond acceptors (Lipinski definition) is 4. The third-order valence-corrected chi connectivity index (χ3v) is 8.05. The summed E-state index contributed by atoms with van der Waals surface area (Å²) in [6.07, 6.45) is 12.0. The van der Waals surface area contributed by atoms with Crippen LogP contribution in [0, 0.1) is 11.3 Å². The molecule has 1 amide bonds. The van der Waals surface area contributed by atoms with Gasteiger partial charge in [0, 0.05) is 44.6 Å². The standard InChI is InChI=1S/C29H39N3O2/c33-28(21-26-9-4-6-16-30-26)32-17-14-29(15-18-32)13-5-3-8-25-7-1-2-10-27(25)34-20-19-31(23-29)22-24-11-12-24/h1-2,4,6-7,9-10,16,24H,3,5,8,11-15,17-23H2. The maximum Gasteiger partial charge on any atom is 0.228 e. The van der Waals surface area contributed by atoms with Crippen LogP contribution in [0.4, 0.5) is 0 Å². The summed E-state index contributed by atoms with van der Waals surface area (Å²) in [6.45, 7) is 5.86. The third kappa shape index (κ3) is 6.18. The van der Waals surface area contributed by atoms with E-state index in [0.29, 0.717) is 11.8 Å². The molecule has 3 aliphatic rings. The van der Waals surface area contributed by atoms with E-state index >= 15 is 0 Å². The maximum atomic E-state index is 12.9. The van der Waals surface area contributed by atoms with E-state index < -0.39 is 0 Å². The number of hydrogen-bond donors (Lipinski definition) is 0. The van der Waals surface area contributed by atoms with E-state index in [1.54, 1.807) is 6.20 Å². The molecule has 2 aromatic rings. The Balaban J connectivity index is 1.24. The average Bonchev–Trinajstić information content (AvgIpc) is 3.67. The zero-order chi connectivity index (χ0) is 23.2. The van der Waals surface area contributed by atoms with Crippen molar-refractivity contribution in [3.8, 4) is 5.75 Å². The molecule has 1 aromatic carbocycles. The number of para-hydroxylation sites is 1. The van der Waals surface area contributed by atoms with Gasteiger partial charge in [0.25, 0.3) is 0 Å². The zero-order valence-corrected chi connectivity index (χ0v) is 20.5. The predicted molar refractivity (Wildman–Crippen MR) is 135 cm³/mol. The van der Waals surface area contributed by atoms with E-state index in [1.165, 1.54) is 44.2 Å². The van der Waals surface area contributed by atoms with Crippen molar-refractivity contribution in [3.05, 3.63) is 59.9 Å². The van der Waals surface area contributed by atoms with Crippen molar-refractivity contribution in [1.29, 1.82) is 0 Å². The van der Waals surface area contributed by atoms with Gasteiger partial charge in [0.05, 0.1) is 6.42 Å². The summed E-state index contributed by atoms with van der Waals surface area (Å²) in [5, 5.41) is 0. The van der Waals surface area contributed by atoms with E-state index in [2.05, 4.69) is 39.0 Å². The van der Waals surface area contributed by atoms with Gasteiger partial charge < -0.3 is 9.64 Å². The molecule has 1 saturated carbocycles. The van der Waals surface area contributed by atoms with Crippen LogP contribution in [0.5, 0.6) is 5.75 Å². The van der Waals surface area contributed by atoms with E-state index in [4.69, 9.17) is 4.74 Å². The molecule has 0 radical (unpaired) electrons. The zero-order valence-electron chi connectivity index (χ0n) is 20.5. The van der Waals surface area contributed by atoms with Crippen LogP contribution in [0.2, 0.25) is 0 Å². The molecule has 1 aromatic heterocycles. The first-order chi connectivity index (χ1) is 16.7. The molecule has 0 atom stereocenters. The summed E-state index contributed by atoms with van der Waals surface area (Å²) in [5.74, 6) is 2.17. The molecule has 1 saturated heterocycles. The molecule has 1 aliphatic carbocycles. The Kier molecular flexibility index (Phi) is 7.48. The molecule has 5 heteroatoms. The number of carbonyl (C=O) groups excluding carboxylic acids is 1. The van der Waals surface area contributed by atoms with Gasteiger partial charge in [0.2, 0.25) is 5.91 Å². The van der Waals surface area contributed by atoms with Gasteiger partial charge in [0.1, 0.15) is 12.4 Å². The maximum absolute atomic E-state index is 12.9. The van der Waals surface area contributed by atoms with E-state index in [0.717, 1.165) is 69.4 Å². The first-order valence-corrected chi connectivity index (χ1v) is 13.3. The molecule has 182 valence electrons. The number of ether oxygens (including phenoxy) is 1. The van der Waals surface area contributed by atoms with Gasteiger partial charge in [-0.05, 0) is 80.0 Å². The van der Waals surface area contributed by atoms with Crippen LogP contribution in [0.3, 0.4) is 0 Å². The van der Waals surface area contributed by atoms with Crippen molar-refractivity contribution < 1.29 is 9.53 Å². The van der Waals surface area contributed by atoms with Gasteiger partial charge in [-0.25, -0.2) is 0 Å². The highest BCUT2D eigenvalue weighted by atomic mass is 16.5. The Morgan fingerprint density at radius 3 is 2.62 bits per heavy atom. The third-order valence-electron chi connectivity index (χ3n) is 8.05. The minimum Gasteiger partial charge on any atom is -0.492 e. The van der Waals surface area contributed by atoms with Crippen LogP contribution in [-0.4, -0.2) is 60.0 Å². The highest BCUT2D eigenvalue weighted by Gasteiger charge is 2.38. The Morgan fingerprint density at radius 2 is 1.82 bits per heavy atom. The summed E-state index contributed by atoms with van der Waals surface area (Å²) < 4.78 is 6.27. The van der Waals surface area contributed by atoms with Gasteiger partial charge in [-0.1, -0.05) is 30.7 Å². The summed E-state index contributed by atoms with van der Waals surface area (Å²) >= 11 is 0. The number of carbonyl (C=O) groups is 1. The van der Waals surface area contributed by atoms with Gasteiger partial charge in [0.15, 0.2) is 0 Å². The minimum atomic E-state index is 0.224. The Labute approximate surface area is 204 Å². The van der Waals surface area contributed by atoms with E-state index in [1.807, 2.05) is 18.2 Å². The molecule has 0 bridgehead atoms. The van der Waals surface area contributed by atoms with Crippen LogP contribution in [-0.2, 0) is 17.6 Å². The molecule has 5 nitrogen and oxygen atoms in total. The monoisotopic (exact) mass is 461 g/mol. The highest BCUT2D eigenvalue weighted by Crippen LogP contribution is 2.40. The van der Waals surface area contributed by atoms with Crippen LogP contribution >= 0.6 is 0 Å². The molecule has 34 heavy (non-hydrogen) atoms. The normalized spacial score (nSPS) is 21.7. The lowest BCUT2D eigenvalue weighted by molar-refractivity contribution is -0.133. The molecule has 1 spiro atoms. The largest absolute Gasteiger partial charge is 0.492 e. The fourth-order valence-corrected chi connectivity index (χ4v) is 5.81. The Bertz CT molecular complexity index is 935. The molecular formula is C29H39N3O2. The highest BCUT2D eigenvalue weighted by molar-refractivity contribution is 5.78. The smallest absolute Gasteiger partial charge is 0.228 e. The lowest BCUT2D eigenvalue weighted by Crippen LogP contribution is -2.49. The van der Waals surface area contributed by atoms with Crippen molar-refractivity contribution in [2.45, 2.75) is 57.8 Å². The topological polar surface area (TPSA) is 45.7 Å². The number of pyridine rings is 1. The quantitative estimate of drug-likeness (QED) is 0.659. The Hall–Kier alpha value is -2.40. The number of amides is 1. The lowest BCUT2D eigenvalue weighted by atomic mass is 9.73. The van der Waals surface area contributed by atoms with Gasteiger partial charge in [-0.3, -0.25) is 14.7 Å². The summed E-state index contributed by atoms with van der Waals surface area (Å²) in [4.78, 5) is 22.1. The number of nitrogens with zero attached hydrogens (tertiary/aromatic N) is 3. The van der Waals surface area contributed by atoms with E-state index in [-0.39, 0.29) is 5.91 Å². The second-order valence-corrected chi connectivity index (χ2v) is 10.7. The minimum absolute atomic E-state index is 0.224. The molecule has 0 unspecified atom stereocenters. The van der Waals surface area contributed by atoms with E-state index in [9.17, 15) is 4.79 Å². The summed E-state index contributed by atoms with van der Waals surface area (Å²) in [7, 11) is 0. The summed E-state index contributed by atoms with van der Waals surface area (Å²) in [5.41, 5.74) is 2.53. The number of aromatic nitrogens is 1. The Morgan fingerprint density at radius 1 is 1.00 bits per heavy atom. The van der Waals surface area contributed by atoms with Crippen molar-refractivity contribution in [3.63, 3.8) is 0 Å². The number of aryl methyl sites for hydroxylation is 1. The van der Waals surface area contributed by atoms with Crippen LogP contribution in [0.1, 0.15) is 56.2 Å². The molecule has 5 rings (SSSR count). The van der Waals surface area contributed by atoms with Gasteiger partial charge in [-0.2, -0.15) is 0 Å². The van der Waals surface area contributed by atoms with Crippen LogP contribution < -0.4 is 4.74 Å². The second-order valence-electron chi connectivity index (χ2n) is 10.7. The fraction of sp³-hybridized carbons (Fsp3) is 0.586. The molecule has 2 aliphatic heterocycles. The number of rotatable bonds is 4. The lowest BCUT2D eigenvalue weighted by Gasteiger charge is -2.45. The predicted octanol–water partition coefficient (Wildman–Crippen LogP) is 4.75. The van der Waals surface area contributed by atoms with Crippen molar-refractivity contribution >= 4 is 5.91 Å². The first kappa shape index (κ1) is 23.3. The number of fused-ring (bicyclic) bond motifs is 1.